The van der Waals surface area contributed by atoms with E-state index in [1.807, 2.05) is 6.07 Å². The first-order chi connectivity index (χ1) is 8.34. The Morgan fingerprint density at radius 2 is 2.35 bits per heavy atom. The number of nitrogens with one attached hydrogen (secondary N) is 2. The summed E-state index contributed by atoms with van der Waals surface area (Å²) in [5.41, 5.74) is 1.19. The molecule has 2 rings (SSSR count). The van der Waals surface area contributed by atoms with Gasteiger partial charge in [-0.25, -0.2) is 0 Å². The highest BCUT2D eigenvalue weighted by atomic mass is 16.5. The van der Waals surface area contributed by atoms with E-state index in [1.165, 1.54) is 5.69 Å². The average molecular weight is 238 g/mol. The number of rotatable bonds is 6. The van der Waals surface area contributed by atoms with Gasteiger partial charge in [-0.05, 0) is 13.0 Å². The van der Waals surface area contributed by atoms with E-state index in [0.29, 0.717) is 6.04 Å². The molecular formula is C12H22N4O. The minimum absolute atomic E-state index is 0.524. The standard InChI is InChI=1S/C12H22N4O/c1-11(10-16-6-8-17-9-7-16)13-4-2-12-3-5-14-15-12/h3,5,11,13H,2,4,6-10H2,1H3,(H,14,15). The van der Waals surface area contributed by atoms with Crippen molar-refractivity contribution >= 4 is 0 Å². The summed E-state index contributed by atoms with van der Waals surface area (Å²) < 4.78 is 5.34. The second-order valence-corrected chi connectivity index (χ2v) is 4.60. The van der Waals surface area contributed by atoms with Gasteiger partial charge >= 0.3 is 0 Å². The van der Waals surface area contributed by atoms with Crippen LogP contribution in [-0.4, -0.2) is 60.5 Å². The maximum Gasteiger partial charge on any atom is 0.0594 e. The minimum Gasteiger partial charge on any atom is -0.379 e. The van der Waals surface area contributed by atoms with E-state index < -0.39 is 0 Å². The molecule has 0 aromatic carbocycles. The van der Waals surface area contributed by atoms with Crippen molar-refractivity contribution in [3.8, 4) is 0 Å². The van der Waals surface area contributed by atoms with E-state index in [9.17, 15) is 0 Å². The van der Waals surface area contributed by atoms with Gasteiger partial charge in [0.2, 0.25) is 0 Å². The lowest BCUT2D eigenvalue weighted by atomic mass is 10.2. The van der Waals surface area contributed by atoms with E-state index in [0.717, 1.165) is 45.8 Å². The van der Waals surface area contributed by atoms with Crippen LogP contribution in [0.25, 0.3) is 0 Å². The van der Waals surface area contributed by atoms with E-state index in [2.05, 4.69) is 27.3 Å². The Balaban J connectivity index is 1.58. The molecule has 0 radical (unpaired) electrons. The summed E-state index contributed by atoms with van der Waals surface area (Å²) in [6, 6.07) is 2.55. The Labute approximate surface area is 103 Å². The molecule has 1 aromatic rings. The van der Waals surface area contributed by atoms with Gasteiger partial charge in [0.25, 0.3) is 0 Å². The van der Waals surface area contributed by atoms with Crippen LogP contribution in [0.4, 0.5) is 0 Å². The van der Waals surface area contributed by atoms with Crippen molar-refractivity contribution in [2.75, 3.05) is 39.4 Å². The van der Waals surface area contributed by atoms with Crippen LogP contribution >= 0.6 is 0 Å². The molecule has 2 N–H and O–H groups in total. The van der Waals surface area contributed by atoms with Gasteiger partial charge in [-0.3, -0.25) is 10.00 Å². The Morgan fingerprint density at radius 1 is 1.53 bits per heavy atom. The molecule has 17 heavy (non-hydrogen) atoms. The first kappa shape index (κ1) is 12.5. The molecule has 1 aliphatic rings. The Hall–Kier alpha value is -0.910. The summed E-state index contributed by atoms with van der Waals surface area (Å²) in [6.45, 7) is 8.21. The molecule has 1 unspecified atom stereocenters. The van der Waals surface area contributed by atoms with Crippen LogP contribution < -0.4 is 5.32 Å². The molecule has 96 valence electrons. The fourth-order valence-electron chi connectivity index (χ4n) is 2.11. The number of aromatic amines is 1. The lowest BCUT2D eigenvalue weighted by molar-refractivity contribution is 0.0344. The van der Waals surface area contributed by atoms with Crippen LogP contribution in [-0.2, 0) is 11.2 Å². The van der Waals surface area contributed by atoms with Gasteiger partial charge in [-0.15, -0.1) is 0 Å². The molecule has 0 spiro atoms. The Bertz CT molecular complexity index is 295. The largest absolute Gasteiger partial charge is 0.379 e. The Morgan fingerprint density at radius 3 is 3.06 bits per heavy atom. The smallest absolute Gasteiger partial charge is 0.0594 e. The number of hydrogen-bond donors (Lipinski definition) is 2. The molecule has 5 nitrogen and oxygen atoms in total. The van der Waals surface area contributed by atoms with Crippen molar-refractivity contribution in [1.82, 2.24) is 20.4 Å². The van der Waals surface area contributed by atoms with Crippen molar-refractivity contribution in [2.24, 2.45) is 0 Å². The number of ether oxygens (including phenoxy) is 1. The molecule has 1 atom stereocenters. The fourth-order valence-corrected chi connectivity index (χ4v) is 2.11. The zero-order chi connectivity index (χ0) is 11.9. The fraction of sp³-hybridized carbons (Fsp3) is 0.750. The monoisotopic (exact) mass is 238 g/mol. The van der Waals surface area contributed by atoms with Crippen LogP contribution in [0.5, 0.6) is 0 Å². The highest BCUT2D eigenvalue weighted by Gasteiger charge is 2.12. The molecule has 2 heterocycles. The summed E-state index contributed by atoms with van der Waals surface area (Å²) >= 11 is 0. The van der Waals surface area contributed by atoms with Gasteiger partial charge in [-0.1, -0.05) is 0 Å². The lowest BCUT2D eigenvalue weighted by Gasteiger charge is -2.29. The van der Waals surface area contributed by atoms with E-state index >= 15 is 0 Å². The molecule has 0 amide bonds. The second-order valence-electron chi connectivity index (χ2n) is 4.60. The summed E-state index contributed by atoms with van der Waals surface area (Å²) in [6.07, 6.45) is 2.81. The zero-order valence-electron chi connectivity index (χ0n) is 10.5. The molecule has 1 saturated heterocycles. The van der Waals surface area contributed by atoms with Crippen LogP contribution in [0.2, 0.25) is 0 Å². The first-order valence-corrected chi connectivity index (χ1v) is 6.36. The predicted octanol–water partition coefficient (Wildman–Crippen LogP) is 0.263. The van der Waals surface area contributed by atoms with Gasteiger partial charge < -0.3 is 10.1 Å². The van der Waals surface area contributed by atoms with Gasteiger partial charge in [0.1, 0.15) is 0 Å². The highest BCUT2D eigenvalue weighted by molar-refractivity contribution is 4.97. The normalized spacial score (nSPS) is 19.4. The quantitative estimate of drug-likeness (QED) is 0.746. The third-order valence-electron chi connectivity index (χ3n) is 3.08. The van der Waals surface area contributed by atoms with Crippen molar-refractivity contribution in [3.05, 3.63) is 18.0 Å². The van der Waals surface area contributed by atoms with Crippen LogP contribution in [0.1, 0.15) is 12.6 Å². The first-order valence-electron chi connectivity index (χ1n) is 6.36. The molecule has 5 heteroatoms. The average Bonchev–Trinajstić information content (AvgIpc) is 2.83. The van der Waals surface area contributed by atoms with Crippen molar-refractivity contribution in [2.45, 2.75) is 19.4 Å². The Kier molecular flexibility index (Phi) is 4.97. The van der Waals surface area contributed by atoms with Crippen molar-refractivity contribution < 1.29 is 4.74 Å². The molecule has 0 aliphatic carbocycles. The molecule has 0 bridgehead atoms. The molecule has 1 aliphatic heterocycles. The van der Waals surface area contributed by atoms with Crippen LogP contribution in [0.15, 0.2) is 12.3 Å². The van der Waals surface area contributed by atoms with Gasteiger partial charge in [0, 0.05) is 50.5 Å². The van der Waals surface area contributed by atoms with Gasteiger partial charge in [0.05, 0.1) is 13.2 Å². The molecule has 1 fully saturated rings. The molecule has 1 aromatic heterocycles. The van der Waals surface area contributed by atoms with Crippen molar-refractivity contribution in [1.29, 1.82) is 0 Å². The number of hydrogen-bond acceptors (Lipinski definition) is 4. The summed E-state index contributed by atoms with van der Waals surface area (Å²) in [5.74, 6) is 0. The summed E-state index contributed by atoms with van der Waals surface area (Å²) in [5, 5.41) is 10.5. The third-order valence-corrected chi connectivity index (χ3v) is 3.08. The summed E-state index contributed by atoms with van der Waals surface area (Å²) in [7, 11) is 0. The summed E-state index contributed by atoms with van der Waals surface area (Å²) in [4.78, 5) is 2.46. The lowest BCUT2D eigenvalue weighted by Crippen LogP contribution is -2.44. The number of morpholine rings is 1. The molecular weight excluding hydrogens is 216 g/mol. The second kappa shape index (κ2) is 6.74. The zero-order valence-corrected chi connectivity index (χ0v) is 10.5. The maximum atomic E-state index is 5.34. The topological polar surface area (TPSA) is 53.2 Å². The maximum absolute atomic E-state index is 5.34. The number of aromatic nitrogens is 2. The highest BCUT2D eigenvalue weighted by Crippen LogP contribution is 1.98. The van der Waals surface area contributed by atoms with E-state index in [4.69, 9.17) is 4.74 Å². The van der Waals surface area contributed by atoms with Crippen LogP contribution in [0.3, 0.4) is 0 Å². The SMILES string of the molecule is CC(CN1CCOCC1)NCCc1ccn[nH]1. The molecule has 0 saturated carbocycles. The third kappa shape index (κ3) is 4.46. The van der Waals surface area contributed by atoms with E-state index in [1.54, 1.807) is 6.20 Å². The number of H-pyrrole nitrogens is 1. The van der Waals surface area contributed by atoms with E-state index in [-0.39, 0.29) is 0 Å². The van der Waals surface area contributed by atoms with Crippen LogP contribution in [0, 0.1) is 0 Å². The van der Waals surface area contributed by atoms with Gasteiger partial charge in [-0.2, -0.15) is 5.10 Å². The predicted molar refractivity (Wildman–Crippen MR) is 67.0 cm³/mol. The van der Waals surface area contributed by atoms with Crippen molar-refractivity contribution in [3.63, 3.8) is 0 Å². The number of nitrogens with zero attached hydrogens (tertiary/aromatic N) is 2. The minimum atomic E-state index is 0.524. The van der Waals surface area contributed by atoms with Gasteiger partial charge in [0.15, 0.2) is 0 Å².